The van der Waals surface area contributed by atoms with Crippen LogP contribution in [0.5, 0.6) is 0 Å². The molecule has 220 valence electrons. The highest BCUT2D eigenvalue weighted by molar-refractivity contribution is 6.23. The average molecular weight is 599 g/mol. The number of rotatable bonds is 2. The first-order chi connectivity index (χ1) is 23.1. The van der Waals surface area contributed by atoms with Gasteiger partial charge in [0.1, 0.15) is 0 Å². The predicted molar refractivity (Wildman–Crippen MR) is 198 cm³/mol. The van der Waals surface area contributed by atoms with Crippen molar-refractivity contribution in [2.24, 2.45) is 0 Å². The van der Waals surface area contributed by atoms with Crippen molar-refractivity contribution < 1.29 is 0 Å². The molecule has 1 aliphatic rings. The fourth-order valence-electron chi connectivity index (χ4n) is 8.18. The fourth-order valence-corrected chi connectivity index (χ4v) is 8.18. The molecule has 0 saturated carbocycles. The highest BCUT2D eigenvalue weighted by atomic mass is 14.8. The van der Waals surface area contributed by atoms with Crippen molar-refractivity contribution in [1.82, 2.24) is 9.97 Å². The monoisotopic (exact) mass is 598 g/mol. The van der Waals surface area contributed by atoms with Gasteiger partial charge in [0.2, 0.25) is 0 Å². The number of nitrogens with zero attached hydrogens (tertiary/aromatic N) is 2. The SMILES string of the molecule is CC1(C)c2ccccc2-c2ccc3ccc4ccc5cc(-c6nc7c(ccc8ccccc87)nc6-c6ccccc6)ccc5c4c3c21. The Balaban J connectivity index is 1.27. The Hall–Kier alpha value is -5.86. The first kappa shape index (κ1) is 26.4. The molecular weight excluding hydrogens is 569 g/mol. The van der Waals surface area contributed by atoms with Crippen LogP contribution in [-0.4, -0.2) is 9.97 Å². The molecule has 1 heterocycles. The van der Waals surface area contributed by atoms with E-state index in [2.05, 4.69) is 153 Å². The molecule has 8 aromatic carbocycles. The Labute approximate surface area is 273 Å². The van der Waals surface area contributed by atoms with E-state index in [-0.39, 0.29) is 5.41 Å². The Bertz CT molecular complexity index is 2760. The van der Waals surface area contributed by atoms with Gasteiger partial charge in [-0.25, -0.2) is 9.97 Å². The number of fused-ring (bicyclic) bond motifs is 12. The van der Waals surface area contributed by atoms with Gasteiger partial charge in [-0.15, -0.1) is 0 Å². The van der Waals surface area contributed by atoms with Crippen molar-refractivity contribution in [3.05, 3.63) is 157 Å². The first-order valence-electron chi connectivity index (χ1n) is 16.3. The minimum absolute atomic E-state index is 0.101. The minimum Gasteiger partial charge on any atom is -0.244 e. The fraction of sp³-hybridized carbons (Fsp3) is 0.0667. The molecule has 1 aromatic heterocycles. The molecule has 0 radical (unpaired) electrons. The van der Waals surface area contributed by atoms with Gasteiger partial charge in [-0.05, 0) is 72.1 Å². The third-order valence-corrected chi connectivity index (χ3v) is 10.4. The van der Waals surface area contributed by atoms with E-state index >= 15 is 0 Å². The highest BCUT2D eigenvalue weighted by Gasteiger charge is 2.37. The molecule has 10 rings (SSSR count). The maximum Gasteiger partial charge on any atom is 0.0973 e. The number of hydrogen-bond donors (Lipinski definition) is 0. The van der Waals surface area contributed by atoms with E-state index in [1.807, 2.05) is 6.07 Å². The lowest BCUT2D eigenvalue weighted by molar-refractivity contribution is 0.666. The van der Waals surface area contributed by atoms with Gasteiger partial charge < -0.3 is 0 Å². The summed E-state index contributed by atoms with van der Waals surface area (Å²) in [6.07, 6.45) is 0. The summed E-state index contributed by atoms with van der Waals surface area (Å²) >= 11 is 0. The van der Waals surface area contributed by atoms with Gasteiger partial charge in [0.15, 0.2) is 0 Å². The summed E-state index contributed by atoms with van der Waals surface area (Å²) in [5, 5.41) is 9.98. The molecule has 0 N–H and O–H groups in total. The number of hydrogen-bond acceptors (Lipinski definition) is 2. The first-order valence-corrected chi connectivity index (χ1v) is 16.3. The minimum atomic E-state index is -0.101. The van der Waals surface area contributed by atoms with E-state index in [1.165, 1.54) is 60.0 Å². The van der Waals surface area contributed by atoms with Crippen LogP contribution in [0.15, 0.2) is 146 Å². The van der Waals surface area contributed by atoms with E-state index in [0.717, 1.165) is 38.9 Å². The van der Waals surface area contributed by atoms with E-state index in [9.17, 15) is 0 Å². The van der Waals surface area contributed by atoms with Crippen molar-refractivity contribution in [3.8, 4) is 33.6 Å². The third kappa shape index (κ3) is 3.73. The summed E-state index contributed by atoms with van der Waals surface area (Å²) < 4.78 is 0. The second-order valence-corrected chi connectivity index (χ2v) is 13.4. The molecule has 0 unspecified atom stereocenters. The van der Waals surface area contributed by atoms with Crippen molar-refractivity contribution in [2.45, 2.75) is 19.3 Å². The topological polar surface area (TPSA) is 25.8 Å². The zero-order valence-electron chi connectivity index (χ0n) is 26.3. The lowest BCUT2D eigenvalue weighted by Gasteiger charge is -2.24. The lowest BCUT2D eigenvalue weighted by atomic mass is 9.79. The molecule has 0 aliphatic heterocycles. The van der Waals surface area contributed by atoms with Gasteiger partial charge >= 0.3 is 0 Å². The molecule has 1 aliphatic carbocycles. The number of benzene rings is 8. The summed E-state index contributed by atoms with van der Waals surface area (Å²) in [4.78, 5) is 10.7. The van der Waals surface area contributed by atoms with Crippen LogP contribution in [0.1, 0.15) is 25.0 Å². The average Bonchev–Trinajstić information content (AvgIpc) is 3.37. The summed E-state index contributed by atoms with van der Waals surface area (Å²) in [7, 11) is 0. The van der Waals surface area contributed by atoms with E-state index in [1.54, 1.807) is 0 Å². The van der Waals surface area contributed by atoms with Crippen LogP contribution < -0.4 is 0 Å². The lowest BCUT2D eigenvalue weighted by Crippen LogP contribution is -2.15. The molecule has 47 heavy (non-hydrogen) atoms. The molecule has 0 fully saturated rings. The smallest absolute Gasteiger partial charge is 0.0973 e. The normalized spacial score (nSPS) is 13.5. The highest BCUT2D eigenvalue weighted by Crippen LogP contribution is 2.53. The molecule has 9 aromatic rings. The molecule has 2 nitrogen and oxygen atoms in total. The molecule has 2 heteroatoms. The number of aromatic nitrogens is 2. The van der Waals surface area contributed by atoms with Crippen LogP contribution in [-0.2, 0) is 5.41 Å². The van der Waals surface area contributed by atoms with Gasteiger partial charge in [0, 0.05) is 21.9 Å². The van der Waals surface area contributed by atoms with E-state index < -0.39 is 0 Å². The zero-order chi connectivity index (χ0) is 31.3. The van der Waals surface area contributed by atoms with Crippen LogP contribution in [0, 0.1) is 0 Å². The quantitative estimate of drug-likeness (QED) is 0.185. The second-order valence-electron chi connectivity index (χ2n) is 13.4. The van der Waals surface area contributed by atoms with Crippen LogP contribution >= 0.6 is 0 Å². The Morgan fingerprint density at radius 1 is 0.447 bits per heavy atom. The Kier molecular flexibility index (Phi) is 5.37. The van der Waals surface area contributed by atoms with Crippen LogP contribution in [0.2, 0.25) is 0 Å². The Morgan fingerprint density at radius 3 is 2.00 bits per heavy atom. The molecule has 0 atom stereocenters. The van der Waals surface area contributed by atoms with E-state index in [4.69, 9.17) is 9.97 Å². The van der Waals surface area contributed by atoms with Crippen LogP contribution in [0.4, 0.5) is 0 Å². The second kappa shape index (κ2) is 9.57. The van der Waals surface area contributed by atoms with Crippen molar-refractivity contribution in [1.29, 1.82) is 0 Å². The van der Waals surface area contributed by atoms with E-state index in [0.29, 0.717) is 0 Å². The summed E-state index contributed by atoms with van der Waals surface area (Å²) in [6.45, 7) is 4.76. The van der Waals surface area contributed by atoms with Gasteiger partial charge in [0.25, 0.3) is 0 Å². The third-order valence-electron chi connectivity index (χ3n) is 10.4. The predicted octanol–water partition coefficient (Wildman–Crippen LogP) is 11.9. The largest absolute Gasteiger partial charge is 0.244 e. The standard InChI is InChI=1S/C45H30N2/c1-45(2)37-15-9-8-14-35(37)36-24-20-29-17-16-28-18-19-31-26-32(21-23-33(31)39(28)40(29)41(36)45)43-42(30-11-4-3-5-12-30)46-38-25-22-27-10-6-7-13-34(27)44(38)47-43/h3-26H,1-2H3. The van der Waals surface area contributed by atoms with Crippen molar-refractivity contribution in [3.63, 3.8) is 0 Å². The Morgan fingerprint density at radius 2 is 1.13 bits per heavy atom. The summed E-state index contributed by atoms with van der Waals surface area (Å²) in [6, 6.07) is 52.7. The van der Waals surface area contributed by atoms with Gasteiger partial charge in [-0.3, -0.25) is 0 Å². The molecule has 0 spiro atoms. The summed E-state index contributed by atoms with van der Waals surface area (Å²) in [5.41, 5.74) is 11.2. The molecular formula is C45H30N2. The van der Waals surface area contributed by atoms with Crippen LogP contribution in [0.25, 0.3) is 87.8 Å². The molecule has 0 bridgehead atoms. The van der Waals surface area contributed by atoms with Gasteiger partial charge in [-0.2, -0.15) is 0 Å². The zero-order valence-corrected chi connectivity index (χ0v) is 26.3. The molecule has 0 saturated heterocycles. The maximum absolute atomic E-state index is 5.40. The summed E-state index contributed by atoms with van der Waals surface area (Å²) in [5.74, 6) is 0. The van der Waals surface area contributed by atoms with Crippen molar-refractivity contribution >= 4 is 54.1 Å². The van der Waals surface area contributed by atoms with Gasteiger partial charge in [-0.1, -0.05) is 147 Å². The van der Waals surface area contributed by atoms with Gasteiger partial charge in [0.05, 0.1) is 22.4 Å². The molecule has 0 amide bonds. The van der Waals surface area contributed by atoms with Crippen LogP contribution in [0.3, 0.4) is 0 Å². The maximum atomic E-state index is 5.40. The van der Waals surface area contributed by atoms with Crippen molar-refractivity contribution in [2.75, 3.05) is 0 Å².